The molecular weight excluding hydrogens is 341 g/mol. The lowest BCUT2D eigenvalue weighted by Gasteiger charge is -2.15. The van der Waals surface area contributed by atoms with E-state index in [9.17, 15) is 9.18 Å². The van der Waals surface area contributed by atoms with E-state index >= 15 is 0 Å². The van der Waals surface area contributed by atoms with Gasteiger partial charge in [0.2, 0.25) is 0 Å². The van der Waals surface area contributed by atoms with Gasteiger partial charge in [0.05, 0.1) is 15.6 Å². The number of hydrogen-bond acceptors (Lipinski definition) is 3. The molecule has 2 nitrogen and oxygen atoms in total. The van der Waals surface area contributed by atoms with Crippen molar-refractivity contribution in [2.75, 3.05) is 4.90 Å². The van der Waals surface area contributed by atoms with Gasteiger partial charge in [0, 0.05) is 0 Å². The molecule has 110 valence electrons. The van der Waals surface area contributed by atoms with Crippen LogP contribution in [0.3, 0.4) is 0 Å². The number of thiocarbonyl (C=S) groups is 1. The maximum atomic E-state index is 13.2. The minimum Gasteiger partial charge on any atom is -0.268 e. The number of nitrogens with zero attached hydrogens (tertiary/aromatic N) is 1. The molecule has 1 saturated heterocycles. The zero-order chi connectivity index (χ0) is 15.7. The Bertz CT molecular complexity index is 806. The van der Waals surface area contributed by atoms with Crippen LogP contribution in [0.15, 0.2) is 53.4 Å². The van der Waals surface area contributed by atoms with Gasteiger partial charge in [-0.1, -0.05) is 59.8 Å². The van der Waals surface area contributed by atoms with Gasteiger partial charge >= 0.3 is 0 Å². The molecule has 2 aromatic carbocycles. The Morgan fingerprint density at radius 2 is 1.95 bits per heavy atom. The molecule has 1 aliphatic rings. The predicted molar refractivity (Wildman–Crippen MR) is 93.5 cm³/mol. The van der Waals surface area contributed by atoms with E-state index in [2.05, 4.69) is 0 Å². The fourth-order valence-electron chi connectivity index (χ4n) is 2.06. The van der Waals surface area contributed by atoms with Gasteiger partial charge in [0.15, 0.2) is 4.32 Å². The molecule has 3 rings (SSSR count). The van der Waals surface area contributed by atoms with Crippen molar-refractivity contribution in [1.82, 2.24) is 0 Å². The van der Waals surface area contributed by atoms with Crippen molar-refractivity contribution in [3.63, 3.8) is 0 Å². The van der Waals surface area contributed by atoms with Gasteiger partial charge in [-0.15, -0.1) is 0 Å². The molecule has 1 amide bonds. The molecule has 6 heteroatoms. The normalized spacial score (nSPS) is 16.6. The summed E-state index contributed by atoms with van der Waals surface area (Å²) in [6.45, 7) is 0. The van der Waals surface area contributed by atoms with E-state index in [1.165, 1.54) is 28.8 Å². The van der Waals surface area contributed by atoms with Gasteiger partial charge in [-0.25, -0.2) is 4.39 Å². The minimum atomic E-state index is -0.352. The second-order valence-corrected chi connectivity index (χ2v) is 6.61. The van der Waals surface area contributed by atoms with Crippen LogP contribution in [0.4, 0.5) is 10.1 Å². The number of benzene rings is 2. The molecule has 1 heterocycles. The Balaban J connectivity index is 1.97. The van der Waals surface area contributed by atoms with Crippen molar-refractivity contribution in [3.05, 3.63) is 69.8 Å². The predicted octanol–water partition coefficient (Wildman–Crippen LogP) is 4.88. The average molecular weight is 350 g/mol. The van der Waals surface area contributed by atoms with Gasteiger partial charge in [0.1, 0.15) is 5.82 Å². The van der Waals surface area contributed by atoms with Crippen molar-refractivity contribution in [3.8, 4) is 0 Å². The molecule has 1 aliphatic heterocycles. The maximum absolute atomic E-state index is 13.2. The van der Waals surface area contributed by atoms with E-state index in [-0.39, 0.29) is 11.7 Å². The quantitative estimate of drug-likeness (QED) is 0.569. The summed E-state index contributed by atoms with van der Waals surface area (Å²) in [6.07, 6.45) is 1.62. The largest absolute Gasteiger partial charge is 0.270 e. The number of anilines is 1. The number of carbonyl (C=O) groups is 1. The standard InChI is InChI=1S/C16H9ClFNOS2/c17-12-6-1-2-7-13(12)19-15(20)14(22-16(19)21)9-10-4-3-5-11(18)8-10/h1-9H. The Labute approximate surface area is 141 Å². The van der Waals surface area contributed by atoms with Gasteiger partial charge in [0.25, 0.3) is 5.91 Å². The fourth-order valence-corrected chi connectivity index (χ4v) is 3.56. The first-order valence-electron chi connectivity index (χ1n) is 6.34. The van der Waals surface area contributed by atoms with E-state index in [0.29, 0.717) is 25.5 Å². The topological polar surface area (TPSA) is 20.3 Å². The van der Waals surface area contributed by atoms with Crippen molar-refractivity contribution in [2.45, 2.75) is 0 Å². The number of halogens is 2. The third kappa shape index (κ3) is 2.92. The number of hydrogen-bond donors (Lipinski definition) is 0. The van der Waals surface area contributed by atoms with Crippen molar-refractivity contribution in [1.29, 1.82) is 0 Å². The molecule has 0 unspecified atom stereocenters. The van der Waals surface area contributed by atoms with E-state index in [1.54, 1.807) is 42.5 Å². The number of rotatable bonds is 2. The van der Waals surface area contributed by atoms with Crippen LogP contribution < -0.4 is 4.90 Å². The summed E-state index contributed by atoms with van der Waals surface area (Å²) in [5.41, 5.74) is 1.16. The van der Waals surface area contributed by atoms with E-state index in [4.69, 9.17) is 23.8 Å². The first-order valence-corrected chi connectivity index (χ1v) is 7.94. The molecule has 0 radical (unpaired) electrons. The molecule has 1 fully saturated rings. The van der Waals surface area contributed by atoms with Crippen LogP contribution in [-0.4, -0.2) is 10.2 Å². The minimum absolute atomic E-state index is 0.257. The first-order chi connectivity index (χ1) is 10.6. The van der Waals surface area contributed by atoms with Gasteiger partial charge in [-0.3, -0.25) is 9.69 Å². The summed E-state index contributed by atoms with van der Waals surface area (Å²) in [7, 11) is 0. The second-order valence-electron chi connectivity index (χ2n) is 4.52. The number of amides is 1. The van der Waals surface area contributed by atoms with Crippen LogP contribution in [-0.2, 0) is 4.79 Å². The molecular formula is C16H9ClFNOS2. The van der Waals surface area contributed by atoms with Crippen LogP contribution in [0, 0.1) is 5.82 Å². The Kier molecular flexibility index (Phi) is 4.29. The number of carbonyl (C=O) groups excluding carboxylic acids is 1. The number of thioether (sulfide) groups is 1. The third-order valence-corrected chi connectivity index (χ3v) is 4.66. The van der Waals surface area contributed by atoms with Gasteiger partial charge < -0.3 is 0 Å². The first kappa shape index (κ1) is 15.2. The molecule has 0 atom stereocenters. The van der Waals surface area contributed by atoms with Crippen LogP contribution in [0.2, 0.25) is 5.02 Å². The zero-order valence-corrected chi connectivity index (χ0v) is 13.5. The van der Waals surface area contributed by atoms with Crippen LogP contribution in [0.25, 0.3) is 6.08 Å². The van der Waals surface area contributed by atoms with Crippen LogP contribution in [0.5, 0.6) is 0 Å². The Hall–Kier alpha value is -1.69. The Morgan fingerprint density at radius 3 is 2.68 bits per heavy atom. The maximum Gasteiger partial charge on any atom is 0.270 e. The highest BCUT2D eigenvalue weighted by molar-refractivity contribution is 8.27. The zero-order valence-electron chi connectivity index (χ0n) is 11.1. The molecule has 0 N–H and O–H groups in total. The lowest BCUT2D eigenvalue weighted by Crippen LogP contribution is -2.27. The van der Waals surface area contributed by atoms with Crippen molar-refractivity contribution in [2.24, 2.45) is 0 Å². The number of para-hydroxylation sites is 1. The molecule has 0 aliphatic carbocycles. The van der Waals surface area contributed by atoms with Crippen molar-refractivity contribution >= 4 is 57.6 Å². The summed E-state index contributed by atoms with van der Waals surface area (Å²) in [4.78, 5) is 14.4. The second kappa shape index (κ2) is 6.20. The Morgan fingerprint density at radius 1 is 1.18 bits per heavy atom. The van der Waals surface area contributed by atoms with Crippen LogP contribution >= 0.6 is 35.6 Å². The fraction of sp³-hybridized carbons (Fsp3) is 0. The lowest BCUT2D eigenvalue weighted by molar-refractivity contribution is -0.113. The van der Waals surface area contributed by atoms with Gasteiger partial charge in [-0.05, 0) is 35.9 Å². The summed E-state index contributed by atoms with van der Waals surface area (Å²) in [5.74, 6) is -0.609. The molecule has 0 spiro atoms. The summed E-state index contributed by atoms with van der Waals surface area (Å²) in [6, 6.07) is 13.0. The van der Waals surface area contributed by atoms with E-state index in [1.807, 2.05) is 0 Å². The highest BCUT2D eigenvalue weighted by Crippen LogP contribution is 2.38. The molecule has 0 saturated carbocycles. The van der Waals surface area contributed by atoms with E-state index in [0.717, 1.165) is 0 Å². The smallest absolute Gasteiger partial charge is 0.268 e. The lowest BCUT2D eigenvalue weighted by atomic mass is 10.2. The van der Waals surface area contributed by atoms with E-state index < -0.39 is 0 Å². The summed E-state index contributed by atoms with van der Waals surface area (Å²) in [5, 5.41) is 0.450. The highest BCUT2D eigenvalue weighted by atomic mass is 35.5. The molecule has 0 bridgehead atoms. The molecule has 0 aromatic heterocycles. The third-order valence-electron chi connectivity index (χ3n) is 3.03. The highest BCUT2D eigenvalue weighted by Gasteiger charge is 2.34. The summed E-state index contributed by atoms with van der Waals surface area (Å²) < 4.78 is 13.6. The monoisotopic (exact) mass is 349 g/mol. The molecule has 2 aromatic rings. The van der Waals surface area contributed by atoms with Gasteiger partial charge in [-0.2, -0.15) is 0 Å². The van der Waals surface area contributed by atoms with Crippen LogP contribution in [0.1, 0.15) is 5.56 Å². The molecule has 22 heavy (non-hydrogen) atoms. The van der Waals surface area contributed by atoms with Crippen molar-refractivity contribution < 1.29 is 9.18 Å². The summed E-state index contributed by atoms with van der Waals surface area (Å²) >= 11 is 12.6. The average Bonchev–Trinajstić information content (AvgIpc) is 2.74. The SMILES string of the molecule is O=C1C(=Cc2cccc(F)c2)SC(=S)N1c1ccccc1Cl.